The highest BCUT2D eigenvalue weighted by Crippen LogP contribution is 2.19. The zero-order valence-corrected chi connectivity index (χ0v) is 16.3. The zero-order chi connectivity index (χ0) is 20.6. The van der Waals surface area contributed by atoms with Crippen molar-refractivity contribution in [1.82, 2.24) is 9.80 Å². The second kappa shape index (κ2) is 10.0. The van der Waals surface area contributed by atoms with E-state index in [9.17, 15) is 14.7 Å². The van der Waals surface area contributed by atoms with Crippen molar-refractivity contribution in [3.05, 3.63) is 84.4 Å². The maximum absolute atomic E-state index is 13.4. The van der Waals surface area contributed by atoms with Crippen molar-refractivity contribution in [3.63, 3.8) is 0 Å². The lowest BCUT2D eigenvalue weighted by atomic mass is 10.1. The number of aliphatic hydroxyl groups excluding tert-OH is 1. The van der Waals surface area contributed by atoms with Gasteiger partial charge < -0.3 is 19.6 Å². The van der Waals surface area contributed by atoms with E-state index < -0.39 is 12.1 Å². The van der Waals surface area contributed by atoms with Crippen LogP contribution in [0.4, 0.5) is 0 Å². The summed E-state index contributed by atoms with van der Waals surface area (Å²) in [5.41, 5.74) is 1.68. The Kier molecular flexibility index (Phi) is 7.16. The molecule has 0 aliphatic carbocycles. The molecule has 1 N–H and O–H groups in total. The van der Waals surface area contributed by atoms with E-state index in [-0.39, 0.29) is 25.0 Å². The van der Waals surface area contributed by atoms with Crippen LogP contribution in [0, 0.1) is 0 Å². The summed E-state index contributed by atoms with van der Waals surface area (Å²) in [6, 6.07) is 18.1. The normalized spacial score (nSPS) is 17.4. The Morgan fingerprint density at radius 2 is 1.83 bits per heavy atom. The van der Waals surface area contributed by atoms with Gasteiger partial charge in [0, 0.05) is 13.1 Å². The molecule has 29 heavy (non-hydrogen) atoms. The Bertz CT molecular complexity index is 825. The molecule has 6 nitrogen and oxygen atoms in total. The number of carbonyl (C=O) groups excluding carboxylic acids is 2. The van der Waals surface area contributed by atoms with Crippen molar-refractivity contribution >= 4 is 11.8 Å². The van der Waals surface area contributed by atoms with E-state index >= 15 is 0 Å². The SMILES string of the molecule is C=CC(=O)N1CCOC[C@H]1C(=O)N(Cc1ccccc1)C[C@@H](O)c1ccccc1. The molecule has 1 fully saturated rings. The number of aliphatic hydroxyl groups is 1. The summed E-state index contributed by atoms with van der Waals surface area (Å²) in [7, 11) is 0. The number of hydrogen-bond donors (Lipinski definition) is 1. The molecule has 3 rings (SSSR count). The predicted octanol–water partition coefficient (Wildman–Crippen LogP) is 2.16. The first-order chi connectivity index (χ1) is 14.1. The summed E-state index contributed by atoms with van der Waals surface area (Å²) in [5.74, 6) is -0.548. The second-order valence-corrected chi connectivity index (χ2v) is 6.96. The van der Waals surface area contributed by atoms with E-state index in [1.807, 2.05) is 60.7 Å². The molecule has 0 bridgehead atoms. The topological polar surface area (TPSA) is 70.1 Å². The molecule has 2 atom stereocenters. The molecule has 1 aliphatic heterocycles. The second-order valence-electron chi connectivity index (χ2n) is 6.96. The lowest BCUT2D eigenvalue weighted by molar-refractivity contribution is -0.152. The number of rotatable bonds is 7. The average Bonchev–Trinajstić information content (AvgIpc) is 2.78. The minimum absolute atomic E-state index is 0.115. The van der Waals surface area contributed by atoms with Crippen LogP contribution < -0.4 is 0 Å². The highest BCUT2D eigenvalue weighted by Gasteiger charge is 2.35. The number of morpholine rings is 1. The Morgan fingerprint density at radius 1 is 1.17 bits per heavy atom. The highest BCUT2D eigenvalue weighted by atomic mass is 16.5. The number of carbonyl (C=O) groups is 2. The van der Waals surface area contributed by atoms with Gasteiger partial charge in [-0.2, -0.15) is 0 Å². The van der Waals surface area contributed by atoms with Crippen LogP contribution in [0.5, 0.6) is 0 Å². The quantitative estimate of drug-likeness (QED) is 0.731. The van der Waals surface area contributed by atoms with E-state index in [0.717, 1.165) is 11.1 Å². The van der Waals surface area contributed by atoms with E-state index in [2.05, 4.69) is 6.58 Å². The molecular weight excluding hydrogens is 368 g/mol. The molecule has 0 saturated carbocycles. The van der Waals surface area contributed by atoms with Crippen molar-refractivity contribution in [2.24, 2.45) is 0 Å². The molecular formula is C23H26N2O4. The molecule has 2 amide bonds. The minimum Gasteiger partial charge on any atom is -0.387 e. The van der Waals surface area contributed by atoms with Crippen LogP contribution in [0.15, 0.2) is 73.3 Å². The molecule has 2 aromatic rings. The number of hydrogen-bond acceptors (Lipinski definition) is 4. The van der Waals surface area contributed by atoms with Gasteiger partial charge in [0.25, 0.3) is 0 Å². The Morgan fingerprint density at radius 3 is 2.48 bits per heavy atom. The van der Waals surface area contributed by atoms with Gasteiger partial charge in [-0.1, -0.05) is 67.2 Å². The summed E-state index contributed by atoms with van der Waals surface area (Å²) in [6.45, 7) is 4.83. The number of ether oxygens (including phenoxy) is 1. The number of nitrogens with zero attached hydrogens (tertiary/aromatic N) is 2. The minimum atomic E-state index is -0.836. The molecule has 1 aliphatic rings. The number of amides is 2. The third kappa shape index (κ3) is 5.31. The standard InChI is InChI=1S/C23H26N2O4/c1-2-22(27)25-13-14-29-17-20(25)23(28)24(15-18-9-5-3-6-10-18)16-21(26)19-11-7-4-8-12-19/h2-12,20-21,26H,1,13-17H2/t20-,21+/m0/s1. The lowest BCUT2D eigenvalue weighted by Gasteiger charge is -2.37. The Labute approximate surface area is 171 Å². The fourth-order valence-electron chi connectivity index (χ4n) is 3.43. The Hall–Kier alpha value is -2.96. The van der Waals surface area contributed by atoms with Gasteiger partial charge >= 0.3 is 0 Å². The number of benzene rings is 2. The van der Waals surface area contributed by atoms with Crippen molar-refractivity contribution in [3.8, 4) is 0 Å². The summed E-state index contributed by atoms with van der Waals surface area (Å²) in [6.07, 6.45) is 0.378. The van der Waals surface area contributed by atoms with E-state index in [1.54, 1.807) is 4.90 Å². The third-order valence-corrected chi connectivity index (χ3v) is 4.98. The first-order valence-electron chi connectivity index (χ1n) is 9.66. The van der Waals surface area contributed by atoms with Crippen molar-refractivity contribution < 1.29 is 19.4 Å². The molecule has 1 heterocycles. The van der Waals surface area contributed by atoms with Gasteiger partial charge in [0.1, 0.15) is 6.04 Å². The van der Waals surface area contributed by atoms with Crippen LogP contribution in [-0.4, -0.2) is 59.1 Å². The van der Waals surface area contributed by atoms with Crippen LogP contribution in [0.1, 0.15) is 17.2 Å². The van der Waals surface area contributed by atoms with Crippen molar-refractivity contribution in [2.75, 3.05) is 26.3 Å². The van der Waals surface area contributed by atoms with Gasteiger partial charge in [0.05, 0.1) is 25.9 Å². The molecule has 152 valence electrons. The van der Waals surface area contributed by atoms with Crippen LogP contribution in [-0.2, 0) is 20.9 Å². The maximum atomic E-state index is 13.4. The van der Waals surface area contributed by atoms with Gasteiger partial charge in [0.2, 0.25) is 11.8 Å². The summed E-state index contributed by atoms with van der Waals surface area (Å²) in [4.78, 5) is 28.7. The molecule has 0 radical (unpaired) electrons. The molecule has 2 aromatic carbocycles. The molecule has 1 saturated heterocycles. The summed E-state index contributed by atoms with van der Waals surface area (Å²) in [5, 5.41) is 10.7. The monoisotopic (exact) mass is 394 g/mol. The Balaban J connectivity index is 1.83. The predicted molar refractivity (Wildman–Crippen MR) is 110 cm³/mol. The van der Waals surface area contributed by atoms with Crippen LogP contribution in [0.3, 0.4) is 0 Å². The van der Waals surface area contributed by atoms with Crippen molar-refractivity contribution in [1.29, 1.82) is 0 Å². The van der Waals surface area contributed by atoms with E-state index in [0.29, 0.717) is 19.7 Å². The molecule has 0 aromatic heterocycles. The molecule has 6 heteroatoms. The maximum Gasteiger partial charge on any atom is 0.248 e. The third-order valence-electron chi connectivity index (χ3n) is 4.98. The largest absolute Gasteiger partial charge is 0.387 e. The van der Waals surface area contributed by atoms with Crippen LogP contribution >= 0.6 is 0 Å². The molecule has 0 unspecified atom stereocenters. The van der Waals surface area contributed by atoms with Crippen molar-refractivity contribution in [2.45, 2.75) is 18.7 Å². The van der Waals surface area contributed by atoms with Gasteiger partial charge in [-0.3, -0.25) is 9.59 Å². The first kappa shape index (κ1) is 20.8. The van der Waals surface area contributed by atoms with Gasteiger partial charge in [-0.25, -0.2) is 0 Å². The smallest absolute Gasteiger partial charge is 0.248 e. The average molecular weight is 394 g/mol. The van der Waals surface area contributed by atoms with Gasteiger partial charge in [-0.15, -0.1) is 0 Å². The first-order valence-corrected chi connectivity index (χ1v) is 9.66. The zero-order valence-electron chi connectivity index (χ0n) is 16.3. The fourth-order valence-corrected chi connectivity index (χ4v) is 3.43. The van der Waals surface area contributed by atoms with Crippen LogP contribution in [0.2, 0.25) is 0 Å². The van der Waals surface area contributed by atoms with E-state index in [1.165, 1.54) is 11.0 Å². The fraction of sp³-hybridized carbons (Fsp3) is 0.304. The highest BCUT2D eigenvalue weighted by molar-refractivity contribution is 5.93. The molecule has 0 spiro atoms. The van der Waals surface area contributed by atoms with E-state index in [4.69, 9.17) is 4.74 Å². The summed E-state index contributed by atoms with van der Waals surface area (Å²) >= 11 is 0. The summed E-state index contributed by atoms with van der Waals surface area (Å²) < 4.78 is 5.48. The lowest BCUT2D eigenvalue weighted by Crippen LogP contribution is -2.56. The van der Waals surface area contributed by atoms with Gasteiger partial charge in [0.15, 0.2) is 0 Å². The van der Waals surface area contributed by atoms with Gasteiger partial charge in [-0.05, 0) is 17.2 Å². The van der Waals surface area contributed by atoms with Crippen LogP contribution in [0.25, 0.3) is 0 Å².